The SMILES string of the molecule is O=[N+]([O-])c1ccc(CCN2CCN(C(CO)c3ccc([N+](=O)[O-])cc3)CC2)cc1. The predicted molar refractivity (Wildman–Crippen MR) is 108 cm³/mol. The molecule has 1 N–H and O–H groups in total. The van der Waals surface area contributed by atoms with Gasteiger partial charge in [-0.1, -0.05) is 24.3 Å². The second kappa shape index (κ2) is 9.55. The number of non-ortho nitro benzene ring substituents is 2. The molecule has 2 aromatic carbocycles. The first-order chi connectivity index (χ1) is 14.0. The Balaban J connectivity index is 1.50. The van der Waals surface area contributed by atoms with Gasteiger partial charge < -0.3 is 10.0 Å². The van der Waals surface area contributed by atoms with Crippen LogP contribution in [0.1, 0.15) is 17.2 Å². The lowest BCUT2D eigenvalue weighted by molar-refractivity contribution is -0.385. The number of nitro groups is 2. The normalized spacial score (nSPS) is 16.4. The van der Waals surface area contributed by atoms with Gasteiger partial charge in [0.05, 0.1) is 22.5 Å². The molecule has 1 fully saturated rings. The topological polar surface area (TPSA) is 113 Å². The summed E-state index contributed by atoms with van der Waals surface area (Å²) in [6.07, 6.45) is 0.823. The lowest BCUT2D eigenvalue weighted by Gasteiger charge is -2.39. The summed E-state index contributed by atoms with van der Waals surface area (Å²) >= 11 is 0. The zero-order valence-electron chi connectivity index (χ0n) is 16.0. The number of piperazine rings is 1. The Morgan fingerprint density at radius 3 is 1.86 bits per heavy atom. The van der Waals surface area contributed by atoms with Crippen LogP contribution in [0.3, 0.4) is 0 Å². The van der Waals surface area contributed by atoms with E-state index >= 15 is 0 Å². The van der Waals surface area contributed by atoms with Crippen molar-refractivity contribution in [3.8, 4) is 0 Å². The molecule has 9 nitrogen and oxygen atoms in total. The van der Waals surface area contributed by atoms with Crippen LogP contribution in [0.5, 0.6) is 0 Å². The van der Waals surface area contributed by atoms with E-state index in [4.69, 9.17) is 0 Å². The summed E-state index contributed by atoms with van der Waals surface area (Å²) < 4.78 is 0. The fraction of sp³-hybridized carbons (Fsp3) is 0.400. The summed E-state index contributed by atoms with van der Waals surface area (Å²) in [7, 11) is 0. The van der Waals surface area contributed by atoms with Crippen LogP contribution in [0.2, 0.25) is 0 Å². The Morgan fingerprint density at radius 1 is 0.862 bits per heavy atom. The molecule has 0 saturated carbocycles. The number of rotatable bonds is 8. The molecule has 1 heterocycles. The molecule has 1 saturated heterocycles. The Bertz CT molecular complexity index is 833. The van der Waals surface area contributed by atoms with Gasteiger partial charge in [-0.05, 0) is 17.5 Å². The zero-order valence-corrected chi connectivity index (χ0v) is 16.0. The summed E-state index contributed by atoms with van der Waals surface area (Å²) in [4.78, 5) is 25.2. The fourth-order valence-electron chi connectivity index (χ4n) is 3.62. The molecule has 0 aromatic heterocycles. The van der Waals surface area contributed by atoms with E-state index in [1.165, 1.54) is 24.3 Å². The summed E-state index contributed by atoms with van der Waals surface area (Å²) in [6.45, 7) is 4.13. The molecule has 29 heavy (non-hydrogen) atoms. The third kappa shape index (κ3) is 5.35. The van der Waals surface area contributed by atoms with Gasteiger partial charge >= 0.3 is 0 Å². The number of hydrogen-bond donors (Lipinski definition) is 1. The van der Waals surface area contributed by atoms with E-state index in [9.17, 15) is 25.3 Å². The zero-order chi connectivity index (χ0) is 20.8. The Morgan fingerprint density at radius 2 is 1.38 bits per heavy atom. The lowest BCUT2D eigenvalue weighted by Crippen LogP contribution is -2.48. The number of aliphatic hydroxyl groups excluding tert-OH is 1. The van der Waals surface area contributed by atoms with E-state index in [1.807, 2.05) is 0 Å². The fourth-order valence-corrected chi connectivity index (χ4v) is 3.62. The summed E-state index contributed by atoms with van der Waals surface area (Å²) in [6, 6.07) is 12.8. The molecule has 0 aliphatic carbocycles. The molecule has 9 heteroatoms. The van der Waals surface area contributed by atoms with E-state index in [1.54, 1.807) is 24.3 Å². The van der Waals surface area contributed by atoms with Gasteiger partial charge in [-0.15, -0.1) is 0 Å². The first-order valence-corrected chi connectivity index (χ1v) is 9.53. The Hall–Kier alpha value is -2.88. The van der Waals surface area contributed by atoms with Gasteiger partial charge in [0.1, 0.15) is 0 Å². The van der Waals surface area contributed by atoms with Crippen molar-refractivity contribution in [3.05, 3.63) is 79.9 Å². The second-order valence-electron chi connectivity index (χ2n) is 7.10. The number of hydrogen-bond acceptors (Lipinski definition) is 7. The maximum Gasteiger partial charge on any atom is 0.269 e. The Labute approximate surface area is 168 Å². The quantitative estimate of drug-likeness (QED) is 0.535. The molecule has 0 spiro atoms. The van der Waals surface area contributed by atoms with Crippen molar-refractivity contribution in [1.82, 2.24) is 9.80 Å². The number of nitro benzene ring substituents is 2. The van der Waals surface area contributed by atoms with Crippen molar-refractivity contribution in [2.24, 2.45) is 0 Å². The molecule has 1 atom stereocenters. The minimum atomic E-state index is -0.429. The van der Waals surface area contributed by atoms with Gasteiger partial charge in [-0.3, -0.25) is 25.1 Å². The molecule has 1 unspecified atom stereocenters. The van der Waals surface area contributed by atoms with E-state index in [2.05, 4.69) is 9.80 Å². The van der Waals surface area contributed by atoms with Crippen molar-refractivity contribution < 1.29 is 15.0 Å². The Kier molecular flexibility index (Phi) is 6.86. The number of aliphatic hydroxyl groups is 1. The molecular formula is C20H24N4O5. The van der Waals surface area contributed by atoms with E-state index in [-0.39, 0.29) is 24.0 Å². The highest BCUT2D eigenvalue weighted by molar-refractivity contribution is 5.34. The lowest BCUT2D eigenvalue weighted by atomic mass is 10.0. The van der Waals surface area contributed by atoms with E-state index in [0.717, 1.165) is 50.3 Å². The summed E-state index contributed by atoms with van der Waals surface area (Å²) in [5.74, 6) is 0. The first-order valence-electron chi connectivity index (χ1n) is 9.53. The van der Waals surface area contributed by atoms with Gasteiger partial charge in [0.25, 0.3) is 11.4 Å². The minimum Gasteiger partial charge on any atom is -0.394 e. The van der Waals surface area contributed by atoms with E-state index < -0.39 is 9.85 Å². The highest BCUT2D eigenvalue weighted by Gasteiger charge is 2.25. The van der Waals surface area contributed by atoms with Crippen molar-refractivity contribution in [1.29, 1.82) is 0 Å². The van der Waals surface area contributed by atoms with Crippen LogP contribution in [0.4, 0.5) is 11.4 Å². The minimum absolute atomic E-state index is 0.0411. The predicted octanol–water partition coefficient (Wildman–Crippen LogP) is 2.40. The van der Waals surface area contributed by atoms with Gasteiger partial charge in [-0.2, -0.15) is 0 Å². The maximum absolute atomic E-state index is 10.8. The average Bonchev–Trinajstić information content (AvgIpc) is 2.74. The van der Waals surface area contributed by atoms with Gasteiger partial charge in [0.2, 0.25) is 0 Å². The molecule has 0 amide bonds. The first kappa shape index (κ1) is 20.8. The van der Waals surface area contributed by atoms with Gasteiger partial charge in [0, 0.05) is 57.0 Å². The third-order valence-electron chi connectivity index (χ3n) is 5.37. The molecule has 0 bridgehead atoms. The summed E-state index contributed by atoms with van der Waals surface area (Å²) in [5.41, 5.74) is 2.08. The molecule has 1 aliphatic heterocycles. The average molecular weight is 400 g/mol. The van der Waals surface area contributed by atoms with Crippen LogP contribution < -0.4 is 0 Å². The van der Waals surface area contributed by atoms with Crippen molar-refractivity contribution in [3.63, 3.8) is 0 Å². The van der Waals surface area contributed by atoms with Crippen LogP contribution in [0, 0.1) is 20.2 Å². The largest absolute Gasteiger partial charge is 0.394 e. The maximum atomic E-state index is 10.8. The van der Waals surface area contributed by atoms with Crippen LogP contribution >= 0.6 is 0 Å². The van der Waals surface area contributed by atoms with Crippen LogP contribution in [-0.4, -0.2) is 64.1 Å². The van der Waals surface area contributed by atoms with Gasteiger partial charge in [0.15, 0.2) is 0 Å². The monoisotopic (exact) mass is 400 g/mol. The van der Waals surface area contributed by atoms with Crippen molar-refractivity contribution >= 4 is 11.4 Å². The van der Waals surface area contributed by atoms with Crippen molar-refractivity contribution in [2.45, 2.75) is 12.5 Å². The molecule has 1 aliphatic rings. The smallest absolute Gasteiger partial charge is 0.269 e. The van der Waals surface area contributed by atoms with Crippen molar-refractivity contribution in [2.75, 3.05) is 39.3 Å². The highest BCUT2D eigenvalue weighted by Crippen LogP contribution is 2.24. The van der Waals surface area contributed by atoms with Gasteiger partial charge in [-0.25, -0.2) is 0 Å². The second-order valence-corrected chi connectivity index (χ2v) is 7.10. The summed E-state index contributed by atoms with van der Waals surface area (Å²) in [5, 5.41) is 31.4. The number of benzene rings is 2. The standard InChI is InChI=1S/C20H24N4O5/c25-15-20(17-3-7-19(8-4-17)24(28)29)22-13-11-21(12-14-22)10-9-16-1-5-18(6-2-16)23(26)27/h1-8,20,25H,9-15H2. The van der Waals surface area contributed by atoms with Crippen LogP contribution in [-0.2, 0) is 6.42 Å². The molecule has 0 radical (unpaired) electrons. The number of nitrogens with zero attached hydrogens (tertiary/aromatic N) is 4. The molecule has 2 aromatic rings. The van der Waals surface area contributed by atoms with Crippen LogP contribution in [0.25, 0.3) is 0 Å². The molecule has 154 valence electrons. The third-order valence-corrected chi connectivity index (χ3v) is 5.37. The van der Waals surface area contributed by atoms with Crippen LogP contribution in [0.15, 0.2) is 48.5 Å². The van der Waals surface area contributed by atoms with E-state index in [0.29, 0.717) is 0 Å². The molecule has 3 rings (SSSR count). The molecular weight excluding hydrogens is 376 g/mol. The highest BCUT2D eigenvalue weighted by atomic mass is 16.6.